The van der Waals surface area contributed by atoms with Crippen molar-refractivity contribution in [1.82, 2.24) is 49.4 Å². The molecule has 0 amide bonds. The zero-order chi connectivity index (χ0) is 93.9. The molecule has 9 heterocycles. The smallest absolute Gasteiger partial charge is 0.160 e. The molecule has 28 aromatic rings. The van der Waals surface area contributed by atoms with Gasteiger partial charge in [0.25, 0.3) is 0 Å². The Morgan fingerprint density at radius 1 is 0.197 bits per heavy atom. The number of thiophene rings is 1. The van der Waals surface area contributed by atoms with Gasteiger partial charge in [-0.05, 0) is 229 Å². The second-order valence-electron chi connectivity index (χ2n) is 35.7. The molecule has 0 spiro atoms. The fourth-order valence-electron chi connectivity index (χ4n) is 20.8. The third kappa shape index (κ3) is 15.2. The lowest BCUT2D eigenvalue weighted by Crippen LogP contribution is -1.97. The van der Waals surface area contributed by atoms with Crippen LogP contribution in [0.15, 0.2) is 498 Å². The Morgan fingerprint density at radius 2 is 0.549 bits per heavy atom. The van der Waals surface area contributed by atoms with E-state index in [0.29, 0.717) is 0 Å². The van der Waals surface area contributed by atoms with Crippen LogP contribution >= 0.6 is 11.3 Å². The molecule has 19 aromatic carbocycles. The molecule has 0 bridgehead atoms. The summed E-state index contributed by atoms with van der Waals surface area (Å²) in [4.78, 5) is 43.0. The molecule has 0 fully saturated rings. The van der Waals surface area contributed by atoms with Crippen molar-refractivity contribution in [3.8, 4) is 140 Å². The molecule has 0 saturated heterocycles. The van der Waals surface area contributed by atoms with Gasteiger partial charge in [-0.15, -0.1) is 11.3 Å². The average molecular weight is 1830 g/mol. The summed E-state index contributed by atoms with van der Waals surface area (Å²) in [6, 6.07) is 162. The number of hydrogen-bond acceptors (Lipinski definition) is 10. The van der Waals surface area contributed by atoms with Gasteiger partial charge in [0.1, 0.15) is 5.82 Å². The van der Waals surface area contributed by atoms with Crippen molar-refractivity contribution in [2.75, 3.05) is 0 Å². The molecule has 10 nitrogen and oxygen atoms in total. The predicted molar refractivity (Wildman–Crippen MR) is 592 cm³/mol. The third-order valence-electron chi connectivity index (χ3n) is 27.5. The SMILES string of the molecule is c1ccc(-c2nc(-c3ccc(-c4ccc(-c5cc6cccnc6c6ccccc56)c5ccccc45)cc3)nc3c2sc2ccccc23)cc1.c1ccc(-n2c(-c3ccc(-c4ccc(-c5cc6cccnc6c6ccccc56)c5ccccc45)cc3)nc3ccccc32)cc1.c1cnc2c(c1)cc(-c1ccc(-c3ccc(-c4cc(-c5ccncc5)nc(-c5ccncc5)c4)cc3)c3ccccc13)c1ccccc12. The maximum atomic E-state index is 5.18. The van der Waals surface area contributed by atoms with Gasteiger partial charge in [0, 0.05) is 119 Å². The van der Waals surface area contributed by atoms with Crippen LogP contribution in [0.4, 0.5) is 0 Å². The minimum Gasteiger partial charge on any atom is -0.292 e. The van der Waals surface area contributed by atoms with E-state index in [4.69, 9.17) is 34.9 Å². The Kier molecular flexibility index (Phi) is 21.2. The monoisotopic (exact) mass is 1830 g/mol. The summed E-state index contributed by atoms with van der Waals surface area (Å²) in [5.74, 6) is 1.67. The lowest BCUT2D eigenvalue weighted by molar-refractivity contribution is 1.10. The van der Waals surface area contributed by atoms with Gasteiger partial charge in [0.05, 0.1) is 54.9 Å². The fourth-order valence-corrected chi connectivity index (χ4v) is 22.0. The number of benzene rings is 19. The molecule has 11 heteroatoms. The highest BCUT2D eigenvalue weighted by Crippen LogP contribution is 2.48. The van der Waals surface area contributed by atoms with Crippen LogP contribution in [-0.2, 0) is 0 Å². The second-order valence-corrected chi connectivity index (χ2v) is 36.8. The number of fused-ring (bicyclic) bond motifs is 16. The van der Waals surface area contributed by atoms with Gasteiger partial charge >= 0.3 is 0 Å². The second kappa shape index (κ2) is 36.0. The normalized spacial score (nSPS) is 11.5. The predicted octanol–water partition coefficient (Wildman–Crippen LogP) is 34.3. The van der Waals surface area contributed by atoms with Crippen molar-refractivity contribution in [3.63, 3.8) is 0 Å². The summed E-state index contributed by atoms with van der Waals surface area (Å²) in [5, 5.41) is 19.1. The van der Waals surface area contributed by atoms with Gasteiger partial charge in [-0.2, -0.15) is 0 Å². The van der Waals surface area contributed by atoms with E-state index in [-0.39, 0.29) is 0 Å². The summed E-state index contributed by atoms with van der Waals surface area (Å²) in [5.41, 5.74) is 32.0. The van der Waals surface area contributed by atoms with Crippen LogP contribution in [0.3, 0.4) is 0 Å². The van der Waals surface area contributed by atoms with Crippen molar-refractivity contribution >= 4 is 140 Å². The molecule has 0 aliphatic heterocycles. The highest BCUT2D eigenvalue weighted by molar-refractivity contribution is 7.26. The maximum Gasteiger partial charge on any atom is 0.160 e. The van der Waals surface area contributed by atoms with Crippen molar-refractivity contribution < 1.29 is 0 Å². The summed E-state index contributed by atoms with van der Waals surface area (Å²) in [7, 11) is 0. The van der Waals surface area contributed by atoms with Gasteiger partial charge in [-0.1, -0.05) is 352 Å². The highest BCUT2D eigenvalue weighted by Gasteiger charge is 2.24. The number of para-hydroxylation sites is 3. The molecule has 0 aliphatic rings. The molecular formula is C131H82N10S. The Morgan fingerprint density at radius 3 is 0.993 bits per heavy atom. The zero-order valence-corrected chi connectivity index (χ0v) is 77.5. The molecule has 0 N–H and O–H groups in total. The summed E-state index contributed by atoms with van der Waals surface area (Å²) >= 11 is 1.76. The standard InChI is InChI=1S/C45H27N3S.C44H28N4.C42H27N3/c1-2-11-29(12-3-1)42-44-43(38-18-8-9-19-40(38)49-44)48-45(47-42)30-22-20-28(21-23-30)32-24-25-36(34-15-5-4-14-33(32)34)39-27-31-13-10-26-46-41(31)37-17-7-6-16-35(37)39;1-2-8-37-36(7-1)35(15-16-39(37)41-26-33-6-5-21-47-44(33)40-10-4-3-9-38(40)41)30-13-11-29(12-14-30)34-27-42(31-17-22-45-23-18-31)48-43(28-34)32-19-24-46-25-20-32;1-2-12-31(13-3-1)45-40-19-9-8-18-39(40)44-42(45)29-22-20-28(21-23-29)32-24-25-36(34-15-5-4-14-33(32)34)38-27-30-11-10-26-43-41(30)37-17-7-6-16-35(37)38/h1-27H;1-28H;1-27H. The zero-order valence-electron chi connectivity index (χ0n) is 76.7. The summed E-state index contributed by atoms with van der Waals surface area (Å²) in [6.07, 6.45) is 12.8. The molecule has 0 saturated carbocycles. The van der Waals surface area contributed by atoms with Gasteiger partial charge in [0.15, 0.2) is 5.82 Å². The van der Waals surface area contributed by atoms with E-state index in [0.717, 1.165) is 133 Å². The first kappa shape index (κ1) is 83.8. The number of imidazole rings is 1. The molecule has 0 aliphatic carbocycles. The van der Waals surface area contributed by atoms with Crippen LogP contribution in [0, 0.1) is 0 Å². The Bertz CT molecular complexity index is 9720. The molecule has 662 valence electrons. The van der Waals surface area contributed by atoms with E-state index in [2.05, 4.69) is 409 Å². The van der Waals surface area contributed by atoms with Crippen LogP contribution in [0.2, 0.25) is 0 Å². The van der Waals surface area contributed by atoms with Gasteiger partial charge in [-0.3, -0.25) is 29.5 Å². The lowest BCUT2D eigenvalue weighted by atomic mass is 9.89. The summed E-state index contributed by atoms with van der Waals surface area (Å²) < 4.78 is 4.59. The van der Waals surface area contributed by atoms with E-state index in [1.165, 1.54) is 136 Å². The van der Waals surface area contributed by atoms with E-state index in [1.807, 2.05) is 79.3 Å². The van der Waals surface area contributed by atoms with Gasteiger partial charge in [0.2, 0.25) is 0 Å². The third-order valence-corrected chi connectivity index (χ3v) is 28.7. The molecule has 0 atom stereocenters. The molecule has 9 aromatic heterocycles. The van der Waals surface area contributed by atoms with Crippen LogP contribution in [0.25, 0.3) is 269 Å². The van der Waals surface area contributed by atoms with E-state index in [1.54, 1.807) is 36.1 Å². The fraction of sp³-hybridized carbons (Fsp3) is 0. The topological polar surface area (TPSA) is 121 Å². The first-order chi connectivity index (χ1) is 70.4. The van der Waals surface area contributed by atoms with Gasteiger partial charge in [-0.25, -0.2) is 19.9 Å². The Balaban J connectivity index is 0.000000109. The van der Waals surface area contributed by atoms with Crippen molar-refractivity contribution in [2.45, 2.75) is 0 Å². The van der Waals surface area contributed by atoms with Crippen molar-refractivity contribution in [3.05, 3.63) is 498 Å². The van der Waals surface area contributed by atoms with E-state index in [9.17, 15) is 0 Å². The lowest BCUT2D eigenvalue weighted by Gasteiger charge is -2.15. The molecule has 28 rings (SSSR count). The average Bonchev–Trinajstić information content (AvgIpc) is 1.69. The summed E-state index contributed by atoms with van der Waals surface area (Å²) in [6.45, 7) is 0. The van der Waals surface area contributed by atoms with Crippen LogP contribution < -0.4 is 0 Å². The first-order valence-corrected chi connectivity index (χ1v) is 48.5. The number of hydrogen-bond donors (Lipinski definition) is 0. The molecular weight excluding hydrogens is 1750 g/mol. The van der Waals surface area contributed by atoms with E-state index >= 15 is 0 Å². The molecule has 142 heavy (non-hydrogen) atoms. The molecule has 0 unspecified atom stereocenters. The van der Waals surface area contributed by atoms with Crippen LogP contribution in [0.5, 0.6) is 0 Å². The largest absolute Gasteiger partial charge is 0.292 e. The minimum atomic E-state index is 0.735. The quantitative estimate of drug-likeness (QED) is 0.104. The Hall–Kier alpha value is -18.8. The van der Waals surface area contributed by atoms with Crippen LogP contribution in [0.1, 0.15) is 0 Å². The number of pyridine rings is 6. The minimum absolute atomic E-state index is 0.735. The number of rotatable bonds is 13. The van der Waals surface area contributed by atoms with Crippen molar-refractivity contribution in [1.29, 1.82) is 0 Å². The number of nitrogens with zero attached hydrogens (tertiary/aromatic N) is 10. The highest BCUT2D eigenvalue weighted by atomic mass is 32.1. The molecule has 0 radical (unpaired) electrons. The van der Waals surface area contributed by atoms with E-state index < -0.39 is 0 Å². The van der Waals surface area contributed by atoms with Crippen LogP contribution in [-0.4, -0.2) is 49.4 Å². The Labute approximate surface area is 822 Å². The van der Waals surface area contributed by atoms with Crippen molar-refractivity contribution in [2.24, 2.45) is 0 Å². The first-order valence-electron chi connectivity index (χ1n) is 47.7. The maximum absolute atomic E-state index is 5.18. The number of aromatic nitrogens is 10. The van der Waals surface area contributed by atoms with Gasteiger partial charge < -0.3 is 0 Å².